The van der Waals surface area contributed by atoms with Crippen LogP contribution in [0.15, 0.2) is 60.8 Å². The van der Waals surface area contributed by atoms with Gasteiger partial charge in [-0.1, -0.05) is 61.5 Å². The van der Waals surface area contributed by atoms with Crippen LogP contribution in [0.25, 0.3) is 10.8 Å². The van der Waals surface area contributed by atoms with Gasteiger partial charge in [0.25, 0.3) is 0 Å². The first-order valence-electron chi connectivity index (χ1n) is 7.36. The lowest BCUT2D eigenvalue weighted by Crippen LogP contribution is -2.23. The van der Waals surface area contributed by atoms with E-state index >= 15 is 0 Å². The van der Waals surface area contributed by atoms with Crippen LogP contribution in [-0.4, -0.2) is 16.7 Å². The van der Waals surface area contributed by atoms with Gasteiger partial charge in [-0.25, -0.2) is 0 Å². The van der Waals surface area contributed by atoms with E-state index in [1.165, 1.54) is 10.9 Å². The van der Waals surface area contributed by atoms with Gasteiger partial charge < -0.3 is 5.32 Å². The molecule has 1 unspecified atom stereocenters. The number of rotatable bonds is 5. The summed E-state index contributed by atoms with van der Waals surface area (Å²) in [5, 5.41) is 14.4. The van der Waals surface area contributed by atoms with Gasteiger partial charge in [-0.2, -0.15) is 10.2 Å². The predicted molar refractivity (Wildman–Crippen MR) is 86.1 cm³/mol. The zero-order valence-electron chi connectivity index (χ0n) is 12.2. The van der Waals surface area contributed by atoms with Crippen LogP contribution in [0.3, 0.4) is 0 Å². The van der Waals surface area contributed by atoms with Gasteiger partial charge >= 0.3 is 0 Å². The summed E-state index contributed by atoms with van der Waals surface area (Å²) in [6, 6.07) is 19.1. The van der Waals surface area contributed by atoms with Crippen molar-refractivity contribution in [2.45, 2.75) is 19.4 Å². The Morgan fingerprint density at radius 3 is 2.57 bits per heavy atom. The second-order valence-corrected chi connectivity index (χ2v) is 5.10. The Balaban J connectivity index is 1.95. The van der Waals surface area contributed by atoms with E-state index in [1.54, 1.807) is 0 Å². The van der Waals surface area contributed by atoms with Crippen LogP contribution in [0.4, 0.5) is 0 Å². The third-order valence-corrected chi connectivity index (χ3v) is 3.70. The zero-order chi connectivity index (χ0) is 14.5. The van der Waals surface area contributed by atoms with Gasteiger partial charge in [0.15, 0.2) is 0 Å². The Bertz CT molecular complexity index is 704. The fourth-order valence-corrected chi connectivity index (χ4v) is 2.67. The van der Waals surface area contributed by atoms with Crippen LogP contribution < -0.4 is 5.32 Å². The lowest BCUT2D eigenvalue weighted by molar-refractivity contribution is 0.543. The number of nitrogens with zero attached hydrogens (tertiary/aromatic N) is 2. The number of fused-ring (bicyclic) bond motifs is 1. The summed E-state index contributed by atoms with van der Waals surface area (Å²) in [5.41, 5.74) is 2.33. The van der Waals surface area contributed by atoms with Crippen LogP contribution in [0.5, 0.6) is 0 Å². The lowest BCUT2D eigenvalue weighted by Gasteiger charge is -2.18. The highest BCUT2D eigenvalue weighted by Crippen LogP contribution is 2.22. The van der Waals surface area contributed by atoms with Crippen LogP contribution >= 0.6 is 0 Å². The molecule has 0 aliphatic carbocycles. The van der Waals surface area contributed by atoms with E-state index in [0.717, 1.165) is 24.0 Å². The zero-order valence-corrected chi connectivity index (χ0v) is 12.2. The monoisotopic (exact) mass is 277 g/mol. The van der Waals surface area contributed by atoms with E-state index in [9.17, 15) is 0 Å². The van der Waals surface area contributed by atoms with E-state index < -0.39 is 0 Å². The lowest BCUT2D eigenvalue weighted by atomic mass is 9.99. The molecule has 1 heterocycles. The molecule has 3 aromatic rings. The molecule has 0 bridgehead atoms. The standard InChI is InChI=1S/C18H19N3/c1-2-19-17(14-8-4-3-5-9-14)12-18-16-11-7-6-10-15(16)13-20-21-18/h3-11,13,17,19H,2,12H2,1H3. The van der Waals surface area contributed by atoms with Gasteiger partial charge in [-0.05, 0) is 12.1 Å². The van der Waals surface area contributed by atoms with Crippen molar-refractivity contribution in [3.8, 4) is 0 Å². The Kier molecular flexibility index (Phi) is 4.22. The highest BCUT2D eigenvalue weighted by atomic mass is 15.1. The Morgan fingerprint density at radius 1 is 1.00 bits per heavy atom. The van der Waals surface area contributed by atoms with Gasteiger partial charge in [0.05, 0.1) is 11.9 Å². The quantitative estimate of drug-likeness (QED) is 0.775. The SMILES string of the molecule is CCNC(Cc1nncc2ccccc12)c1ccccc1. The molecule has 0 saturated carbocycles. The normalized spacial score (nSPS) is 12.4. The maximum atomic E-state index is 4.36. The first-order valence-corrected chi connectivity index (χ1v) is 7.36. The molecule has 1 aromatic heterocycles. The average Bonchev–Trinajstić information content (AvgIpc) is 2.55. The van der Waals surface area contributed by atoms with Gasteiger partial charge in [-0.3, -0.25) is 0 Å². The fourth-order valence-electron chi connectivity index (χ4n) is 2.67. The van der Waals surface area contributed by atoms with Gasteiger partial charge in [0, 0.05) is 23.2 Å². The molecule has 0 aliphatic heterocycles. The summed E-state index contributed by atoms with van der Waals surface area (Å²) in [6.45, 7) is 3.06. The molecule has 21 heavy (non-hydrogen) atoms. The molecule has 3 rings (SSSR count). The minimum Gasteiger partial charge on any atom is -0.310 e. The van der Waals surface area contributed by atoms with Crippen LogP contribution in [0, 0.1) is 0 Å². The van der Waals surface area contributed by atoms with E-state index in [4.69, 9.17) is 0 Å². The molecule has 0 spiro atoms. The minimum atomic E-state index is 0.260. The molecule has 1 atom stereocenters. The van der Waals surface area contributed by atoms with Crippen molar-refractivity contribution < 1.29 is 0 Å². The summed E-state index contributed by atoms with van der Waals surface area (Å²) in [4.78, 5) is 0. The highest BCUT2D eigenvalue weighted by Gasteiger charge is 2.13. The molecular formula is C18H19N3. The summed E-state index contributed by atoms with van der Waals surface area (Å²) in [5.74, 6) is 0. The third-order valence-electron chi connectivity index (χ3n) is 3.70. The molecule has 0 aliphatic rings. The Hall–Kier alpha value is -2.26. The minimum absolute atomic E-state index is 0.260. The first-order chi connectivity index (χ1) is 10.4. The van der Waals surface area contributed by atoms with E-state index in [1.807, 2.05) is 18.3 Å². The summed E-state index contributed by atoms with van der Waals surface area (Å²) in [7, 11) is 0. The predicted octanol–water partition coefficient (Wildman–Crippen LogP) is 3.52. The number of aromatic nitrogens is 2. The molecule has 3 heteroatoms. The van der Waals surface area contributed by atoms with Crippen molar-refractivity contribution in [1.82, 2.24) is 15.5 Å². The molecule has 0 saturated heterocycles. The molecule has 0 amide bonds. The van der Waals surface area contributed by atoms with Crippen LogP contribution in [0.1, 0.15) is 24.2 Å². The van der Waals surface area contributed by atoms with Crippen molar-refractivity contribution in [1.29, 1.82) is 0 Å². The highest BCUT2D eigenvalue weighted by molar-refractivity contribution is 5.83. The smallest absolute Gasteiger partial charge is 0.0728 e. The molecule has 3 nitrogen and oxygen atoms in total. The summed E-state index contributed by atoms with van der Waals surface area (Å²) in [6.07, 6.45) is 2.66. The summed E-state index contributed by atoms with van der Waals surface area (Å²) >= 11 is 0. The number of hydrogen-bond donors (Lipinski definition) is 1. The van der Waals surface area contributed by atoms with Crippen LogP contribution in [0.2, 0.25) is 0 Å². The number of nitrogens with one attached hydrogen (secondary N) is 1. The molecule has 0 radical (unpaired) electrons. The van der Waals surface area contributed by atoms with Crippen molar-refractivity contribution in [2.24, 2.45) is 0 Å². The Labute approximate surface area is 125 Å². The van der Waals surface area contributed by atoms with E-state index in [0.29, 0.717) is 0 Å². The second kappa shape index (κ2) is 6.46. The molecular weight excluding hydrogens is 258 g/mol. The van der Waals surface area contributed by atoms with E-state index in [2.05, 4.69) is 64.9 Å². The molecule has 2 aromatic carbocycles. The first kappa shape index (κ1) is 13.7. The van der Waals surface area contributed by atoms with Gasteiger partial charge in [0.1, 0.15) is 0 Å². The summed E-state index contributed by atoms with van der Waals surface area (Å²) < 4.78 is 0. The maximum absolute atomic E-state index is 4.36. The topological polar surface area (TPSA) is 37.8 Å². The molecule has 106 valence electrons. The Morgan fingerprint density at radius 2 is 1.76 bits per heavy atom. The average molecular weight is 277 g/mol. The molecule has 0 fully saturated rings. The van der Waals surface area contributed by atoms with E-state index in [-0.39, 0.29) is 6.04 Å². The van der Waals surface area contributed by atoms with Gasteiger partial charge in [0.2, 0.25) is 0 Å². The van der Waals surface area contributed by atoms with Crippen molar-refractivity contribution in [3.63, 3.8) is 0 Å². The number of benzene rings is 2. The fraction of sp³-hybridized carbons (Fsp3) is 0.222. The van der Waals surface area contributed by atoms with Crippen molar-refractivity contribution in [2.75, 3.05) is 6.54 Å². The largest absolute Gasteiger partial charge is 0.310 e. The van der Waals surface area contributed by atoms with Crippen molar-refractivity contribution in [3.05, 3.63) is 72.1 Å². The van der Waals surface area contributed by atoms with Gasteiger partial charge in [-0.15, -0.1) is 0 Å². The number of hydrogen-bond acceptors (Lipinski definition) is 3. The second-order valence-electron chi connectivity index (χ2n) is 5.10. The van der Waals surface area contributed by atoms with Crippen LogP contribution in [-0.2, 0) is 6.42 Å². The van der Waals surface area contributed by atoms with Crippen molar-refractivity contribution >= 4 is 10.8 Å². The maximum Gasteiger partial charge on any atom is 0.0728 e. The number of likely N-dealkylation sites (N-methyl/N-ethyl adjacent to an activating group) is 1. The third kappa shape index (κ3) is 3.09. The molecule has 1 N–H and O–H groups in total.